The summed E-state index contributed by atoms with van der Waals surface area (Å²) in [6, 6.07) is 7.35. The molecule has 0 atom stereocenters. The van der Waals surface area contributed by atoms with E-state index in [-0.39, 0.29) is 5.69 Å². The predicted octanol–water partition coefficient (Wildman–Crippen LogP) is 1.97. The number of rotatable bonds is 6. The van der Waals surface area contributed by atoms with E-state index in [1.165, 1.54) is 6.20 Å². The monoisotopic (exact) mass is 298 g/mol. The van der Waals surface area contributed by atoms with Crippen LogP contribution in [0.15, 0.2) is 58.0 Å². The Balaban J connectivity index is 1.89. The lowest BCUT2D eigenvalue weighted by molar-refractivity contribution is 0.0995. The Morgan fingerprint density at radius 2 is 1.73 bits per heavy atom. The zero-order valence-corrected chi connectivity index (χ0v) is 11.7. The van der Waals surface area contributed by atoms with Gasteiger partial charge in [0.05, 0.1) is 38.0 Å². The summed E-state index contributed by atoms with van der Waals surface area (Å²) in [4.78, 5) is 21.4. The largest absolute Gasteiger partial charge is 0.467 e. The van der Waals surface area contributed by atoms with Gasteiger partial charge in [-0.15, -0.1) is 0 Å². The van der Waals surface area contributed by atoms with Crippen molar-refractivity contribution in [3.63, 3.8) is 0 Å². The van der Waals surface area contributed by atoms with Gasteiger partial charge in [0.1, 0.15) is 23.0 Å². The Labute approximate surface area is 126 Å². The number of furan rings is 2. The van der Waals surface area contributed by atoms with E-state index < -0.39 is 5.91 Å². The summed E-state index contributed by atoms with van der Waals surface area (Å²) in [6.45, 7) is 0.926. The molecular weight excluding hydrogens is 284 g/mol. The second-order valence-corrected chi connectivity index (χ2v) is 4.64. The third-order valence-electron chi connectivity index (χ3n) is 3.05. The van der Waals surface area contributed by atoms with Crippen molar-refractivity contribution in [3.8, 4) is 0 Å². The van der Waals surface area contributed by atoms with E-state index in [0.717, 1.165) is 11.5 Å². The molecule has 3 heterocycles. The topological polar surface area (TPSA) is 98.4 Å². The fourth-order valence-corrected chi connectivity index (χ4v) is 2.03. The molecule has 0 radical (unpaired) electrons. The van der Waals surface area contributed by atoms with Crippen LogP contribution in [-0.4, -0.2) is 15.9 Å². The molecule has 22 heavy (non-hydrogen) atoms. The van der Waals surface area contributed by atoms with Crippen molar-refractivity contribution in [2.24, 2.45) is 5.73 Å². The number of carbonyl (C=O) groups is 1. The molecule has 2 N–H and O–H groups in total. The molecule has 0 unspecified atom stereocenters. The van der Waals surface area contributed by atoms with E-state index in [0.29, 0.717) is 18.9 Å². The first-order valence-electron chi connectivity index (χ1n) is 6.64. The van der Waals surface area contributed by atoms with Crippen LogP contribution in [-0.2, 0) is 13.1 Å². The summed E-state index contributed by atoms with van der Waals surface area (Å²) in [6.07, 6.45) is 6.11. The van der Waals surface area contributed by atoms with Gasteiger partial charge in [-0.25, -0.2) is 4.98 Å². The molecule has 112 valence electrons. The van der Waals surface area contributed by atoms with Crippen LogP contribution in [0, 0.1) is 0 Å². The minimum absolute atomic E-state index is 0.112. The zero-order valence-electron chi connectivity index (χ0n) is 11.7. The summed E-state index contributed by atoms with van der Waals surface area (Å²) < 4.78 is 10.7. The lowest BCUT2D eigenvalue weighted by atomic mass is 10.3. The van der Waals surface area contributed by atoms with Gasteiger partial charge in [0.15, 0.2) is 0 Å². The molecule has 0 bridgehead atoms. The van der Waals surface area contributed by atoms with Crippen LogP contribution < -0.4 is 10.6 Å². The quantitative estimate of drug-likeness (QED) is 0.747. The van der Waals surface area contributed by atoms with E-state index in [1.807, 2.05) is 29.2 Å². The molecule has 7 heteroatoms. The maximum absolute atomic E-state index is 11.3. The second kappa shape index (κ2) is 6.13. The van der Waals surface area contributed by atoms with E-state index in [9.17, 15) is 4.79 Å². The van der Waals surface area contributed by atoms with Crippen molar-refractivity contribution in [1.29, 1.82) is 0 Å². The Morgan fingerprint density at radius 1 is 1.09 bits per heavy atom. The van der Waals surface area contributed by atoms with Crippen LogP contribution in [0.4, 0.5) is 5.82 Å². The van der Waals surface area contributed by atoms with Crippen LogP contribution >= 0.6 is 0 Å². The Morgan fingerprint density at radius 3 is 2.23 bits per heavy atom. The molecule has 3 aromatic rings. The van der Waals surface area contributed by atoms with Crippen LogP contribution in [0.2, 0.25) is 0 Å². The molecule has 3 rings (SSSR count). The van der Waals surface area contributed by atoms with Gasteiger partial charge >= 0.3 is 0 Å². The van der Waals surface area contributed by atoms with Crippen molar-refractivity contribution in [2.45, 2.75) is 13.1 Å². The van der Waals surface area contributed by atoms with Gasteiger partial charge in [0.25, 0.3) is 5.91 Å². The zero-order chi connectivity index (χ0) is 15.4. The van der Waals surface area contributed by atoms with Gasteiger partial charge in [-0.3, -0.25) is 9.78 Å². The SMILES string of the molecule is NC(=O)c1cncc(N(Cc2ccco2)Cc2ccco2)n1. The number of carbonyl (C=O) groups excluding carboxylic acids is 1. The molecular formula is C15H14N4O3. The predicted molar refractivity (Wildman–Crippen MR) is 77.9 cm³/mol. The molecule has 0 aromatic carbocycles. The standard InChI is InChI=1S/C15H14N4O3/c16-15(20)13-7-17-8-14(18-13)19(9-11-3-1-5-21-11)10-12-4-2-6-22-12/h1-8H,9-10H2,(H2,16,20). The highest BCUT2D eigenvalue weighted by atomic mass is 16.3. The number of hydrogen-bond donors (Lipinski definition) is 1. The maximum atomic E-state index is 11.3. The summed E-state index contributed by atoms with van der Waals surface area (Å²) in [5, 5.41) is 0. The first-order valence-corrected chi connectivity index (χ1v) is 6.64. The van der Waals surface area contributed by atoms with Crippen molar-refractivity contribution in [1.82, 2.24) is 9.97 Å². The first kappa shape index (κ1) is 13.9. The van der Waals surface area contributed by atoms with Gasteiger partial charge in [0.2, 0.25) is 0 Å². The first-order chi connectivity index (χ1) is 10.7. The minimum atomic E-state index is -0.620. The van der Waals surface area contributed by atoms with E-state index >= 15 is 0 Å². The molecule has 0 saturated carbocycles. The Kier molecular flexibility index (Phi) is 3.86. The van der Waals surface area contributed by atoms with Crippen molar-refractivity contribution < 1.29 is 13.6 Å². The fourth-order valence-electron chi connectivity index (χ4n) is 2.03. The van der Waals surface area contributed by atoms with Crippen LogP contribution in [0.3, 0.4) is 0 Å². The molecule has 0 aliphatic carbocycles. The lowest BCUT2D eigenvalue weighted by Crippen LogP contribution is -2.24. The molecule has 7 nitrogen and oxygen atoms in total. The average molecular weight is 298 g/mol. The molecule has 0 aliphatic rings. The van der Waals surface area contributed by atoms with Gasteiger partial charge in [-0.1, -0.05) is 0 Å². The van der Waals surface area contributed by atoms with Crippen molar-refractivity contribution in [2.75, 3.05) is 4.90 Å². The van der Waals surface area contributed by atoms with E-state index in [4.69, 9.17) is 14.6 Å². The van der Waals surface area contributed by atoms with Crippen LogP contribution in [0.1, 0.15) is 22.0 Å². The molecule has 0 spiro atoms. The highest BCUT2D eigenvalue weighted by molar-refractivity contribution is 5.90. The van der Waals surface area contributed by atoms with Crippen LogP contribution in [0.5, 0.6) is 0 Å². The van der Waals surface area contributed by atoms with Gasteiger partial charge in [0, 0.05) is 0 Å². The average Bonchev–Trinajstić information content (AvgIpc) is 3.20. The summed E-state index contributed by atoms with van der Waals surface area (Å²) in [7, 11) is 0. The minimum Gasteiger partial charge on any atom is -0.467 e. The third kappa shape index (κ3) is 3.14. The van der Waals surface area contributed by atoms with E-state index in [1.54, 1.807) is 18.7 Å². The Hall–Kier alpha value is -3.09. The van der Waals surface area contributed by atoms with Gasteiger partial charge in [-0.2, -0.15) is 0 Å². The summed E-state index contributed by atoms with van der Waals surface area (Å²) >= 11 is 0. The molecule has 0 aliphatic heterocycles. The number of aromatic nitrogens is 2. The van der Waals surface area contributed by atoms with E-state index in [2.05, 4.69) is 9.97 Å². The Bertz CT molecular complexity index is 702. The van der Waals surface area contributed by atoms with Crippen molar-refractivity contribution in [3.05, 3.63) is 66.4 Å². The lowest BCUT2D eigenvalue weighted by Gasteiger charge is -2.21. The smallest absolute Gasteiger partial charge is 0.268 e. The van der Waals surface area contributed by atoms with Crippen LogP contribution in [0.25, 0.3) is 0 Å². The fraction of sp³-hybridized carbons (Fsp3) is 0.133. The normalized spacial score (nSPS) is 10.5. The number of hydrogen-bond acceptors (Lipinski definition) is 6. The van der Waals surface area contributed by atoms with Gasteiger partial charge in [-0.05, 0) is 24.3 Å². The molecule has 0 fully saturated rings. The number of primary amides is 1. The second-order valence-electron chi connectivity index (χ2n) is 4.64. The van der Waals surface area contributed by atoms with Gasteiger partial charge < -0.3 is 19.5 Å². The summed E-state index contributed by atoms with van der Waals surface area (Å²) in [5.74, 6) is 1.42. The number of nitrogens with zero attached hydrogens (tertiary/aromatic N) is 3. The third-order valence-corrected chi connectivity index (χ3v) is 3.05. The maximum Gasteiger partial charge on any atom is 0.268 e. The number of amides is 1. The molecule has 3 aromatic heterocycles. The number of nitrogens with two attached hydrogens (primary N) is 1. The van der Waals surface area contributed by atoms with Crippen molar-refractivity contribution >= 4 is 11.7 Å². The molecule has 1 amide bonds. The summed E-state index contributed by atoms with van der Waals surface area (Å²) in [5.41, 5.74) is 5.37. The highest BCUT2D eigenvalue weighted by Gasteiger charge is 2.15. The molecule has 0 saturated heterocycles. The highest BCUT2D eigenvalue weighted by Crippen LogP contribution is 2.18. The number of anilines is 1.